The fourth-order valence-corrected chi connectivity index (χ4v) is 4.13. The quantitative estimate of drug-likeness (QED) is 0.444. The van der Waals surface area contributed by atoms with Crippen molar-refractivity contribution >= 4 is 17.0 Å². The van der Waals surface area contributed by atoms with Crippen molar-refractivity contribution in [2.45, 2.75) is 13.8 Å². The van der Waals surface area contributed by atoms with Gasteiger partial charge in [-0.25, -0.2) is 4.58 Å². The van der Waals surface area contributed by atoms with Crippen molar-refractivity contribution in [1.82, 2.24) is 0 Å². The van der Waals surface area contributed by atoms with Crippen molar-refractivity contribution < 1.29 is 14.0 Å². The van der Waals surface area contributed by atoms with Crippen molar-refractivity contribution in [2.24, 2.45) is 0 Å². The summed E-state index contributed by atoms with van der Waals surface area (Å²) in [6, 6.07) is 19.5. The average Bonchev–Trinajstić information content (AvgIpc) is 2.87. The molecule has 1 aliphatic rings. The van der Waals surface area contributed by atoms with Gasteiger partial charge in [0.1, 0.15) is 13.2 Å². The van der Waals surface area contributed by atoms with Gasteiger partial charge in [0.25, 0.3) is 0 Å². The highest BCUT2D eigenvalue weighted by atomic mass is 16.5. The van der Waals surface area contributed by atoms with E-state index in [2.05, 4.69) is 102 Å². The van der Waals surface area contributed by atoms with Crippen LogP contribution >= 0.6 is 0 Å². The van der Waals surface area contributed by atoms with Crippen molar-refractivity contribution in [1.29, 1.82) is 0 Å². The Morgan fingerprint density at radius 1 is 0.788 bits per heavy atom. The second kappa shape index (κ2) is 12.9. The number of likely N-dealkylation sites (N-methyl/N-ethyl adjacent to an activating group) is 2. The molecule has 174 valence electrons. The van der Waals surface area contributed by atoms with E-state index in [1.165, 1.54) is 33.7 Å². The van der Waals surface area contributed by atoms with Crippen LogP contribution in [0.15, 0.2) is 84.5 Å². The van der Waals surface area contributed by atoms with Crippen LogP contribution in [-0.2, 0) is 9.47 Å². The van der Waals surface area contributed by atoms with E-state index in [4.69, 9.17) is 9.47 Å². The van der Waals surface area contributed by atoms with Gasteiger partial charge in [-0.1, -0.05) is 42.5 Å². The maximum atomic E-state index is 5.27. The predicted octanol–water partition coefficient (Wildman–Crippen LogP) is 5.21. The van der Waals surface area contributed by atoms with Crippen LogP contribution in [-0.4, -0.2) is 63.9 Å². The molecule has 0 heterocycles. The summed E-state index contributed by atoms with van der Waals surface area (Å²) in [5.74, 6) is 0. The number of nitrogens with zero attached hydrogens (tertiary/aromatic N) is 2. The molecule has 0 saturated heterocycles. The molecule has 0 bridgehead atoms. The third-order valence-corrected chi connectivity index (χ3v) is 6.00. The van der Waals surface area contributed by atoms with Crippen LogP contribution < -0.4 is 4.90 Å². The number of rotatable bonds is 11. The Hall–Kier alpha value is -2.95. The fourth-order valence-electron chi connectivity index (χ4n) is 4.13. The number of anilines is 1. The number of hydrogen-bond donors (Lipinski definition) is 0. The van der Waals surface area contributed by atoms with E-state index in [1.807, 2.05) is 0 Å². The molecule has 0 atom stereocenters. The fraction of sp³-hybridized carbons (Fsp3) is 0.345. The highest BCUT2D eigenvalue weighted by Gasteiger charge is 2.15. The predicted molar refractivity (Wildman–Crippen MR) is 140 cm³/mol. The van der Waals surface area contributed by atoms with Gasteiger partial charge in [-0.05, 0) is 60.4 Å². The molecule has 2 aromatic carbocycles. The SMILES string of the molecule is CCN(CCOC)c1ccc(C(=C2C=CC(=[N+](CC)CCOC)C=C2)c2ccccc2)cc1. The van der Waals surface area contributed by atoms with E-state index in [-0.39, 0.29) is 0 Å². The molecule has 0 saturated carbocycles. The number of benzene rings is 2. The zero-order chi connectivity index (χ0) is 23.5. The maximum absolute atomic E-state index is 5.27. The Morgan fingerprint density at radius 3 is 2.00 bits per heavy atom. The Labute approximate surface area is 199 Å². The van der Waals surface area contributed by atoms with Crippen LogP contribution in [0, 0.1) is 0 Å². The first-order valence-electron chi connectivity index (χ1n) is 11.8. The lowest BCUT2D eigenvalue weighted by molar-refractivity contribution is -0.525. The highest BCUT2D eigenvalue weighted by molar-refractivity contribution is 6.04. The molecule has 0 unspecified atom stereocenters. The lowest BCUT2D eigenvalue weighted by Crippen LogP contribution is -2.26. The minimum Gasteiger partial charge on any atom is -0.383 e. The minimum absolute atomic E-state index is 0.725. The molecule has 3 rings (SSSR count). The summed E-state index contributed by atoms with van der Waals surface area (Å²) in [6.45, 7) is 9.50. The Morgan fingerprint density at radius 2 is 1.42 bits per heavy atom. The van der Waals surface area contributed by atoms with Crippen LogP contribution in [0.1, 0.15) is 25.0 Å². The van der Waals surface area contributed by atoms with Gasteiger partial charge in [0.05, 0.1) is 6.61 Å². The molecule has 0 N–H and O–H groups in total. The first-order valence-corrected chi connectivity index (χ1v) is 11.8. The van der Waals surface area contributed by atoms with Gasteiger partial charge in [-0.2, -0.15) is 0 Å². The van der Waals surface area contributed by atoms with Gasteiger partial charge in [0.15, 0.2) is 12.3 Å². The molecule has 4 heteroatoms. The summed E-state index contributed by atoms with van der Waals surface area (Å²) in [7, 11) is 3.50. The first-order chi connectivity index (χ1) is 16.2. The van der Waals surface area contributed by atoms with Gasteiger partial charge in [0, 0.05) is 45.1 Å². The van der Waals surface area contributed by atoms with Crippen molar-refractivity contribution in [3.8, 4) is 0 Å². The standard InChI is InChI=1S/C29H37N2O2/c1-5-30(20-22-32-3)27-16-12-25(13-17-27)29(24-10-8-7-9-11-24)26-14-18-28(19-15-26)31(6-2)21-23-33-4/h7-19H,5-6,20-23H2,1-4H3/q+1. The van der Waals surface area contributed by atoms with Gasteiger partial charge >= 0.3 is 0 Å². The van der Waals surface area contributed by atoms with Crippen LogP contribution in [0.3, 0.4) is 0 Å². The average molecular weight is 446 g/mol. The summed E-state index contributed by atoms with van der Waals surface area (Å²) in [6.07, 6.45) is 8.90. The van der Waals surface area contributed by atoms with Crippen LogP contribution in [0.4, 0.5) is 5.69 Å². The molecule has 0 aromatic heterocycles. The Balaban J connectivity index is 1.98. The van der Waals surface area contributed by atoms with Gasteiger partial charge in [-0.15, -0.1) is 0 Å². The van der Waals surface area contributed by atoms with E-state index in [9.17, 15) is 0 Å². The molecule has 2 aromatic rings. The lowest BCUT2D eigenvalue weighted by Gasteiger charge is -2.23. The zero-order valence-electron chi connectivity index (χ0n) is 20.5. The smallest absolute Gasteiger partial charge is 0.199 e. The normalized spacial score (nSPS) is 12.8. The summed E-state index contributed by atoms with van der Waals surface area (Å²) < 4.78 is 12.9. The second-order valence-electron chi connectivity index (χ2n) is 7.98. The summed E-state index contributed by atoms with van der Waals surface area (Å²) in [4.78, 5) is 2.34. The minimum atomic E-state index is 0.725. The molecule has 0 amide bonds. The third-order valence-electron chi connectivity index (χ3n) is 6.00. The van der Waals surface area contributed by atoms with Gasteiger partial charge in [0.2, 0.25) is 0 Å². The van der Waals surface area contributed by atoms with E-state index in [0.717, 1.165) is 39.4 Å². The topological polar surface area (TPSA) is 24.7 Å². The first kappa shape index (κ1) is 24.7. The molecule has 0 spiro atoms. The summed E-state index contributed by atoms with van der Waals surface area (Å²) in [5, 5.41) is 0. The Bertz CT molecular complexity index is 984. The summed E-state index contributed by atoms with van der Waals surface area (Å²) >= 11 is 0. The Kier molecular flexibility index (Phi) is 9.67. The molecule has 0 aliphatic heterocycles. The van der Waals surface area contributed by atoms with Gasteiger partial charge < -0.3 is 14.4 Å². The van der Waals surface area contributed by atoms with Crippen molar-refractivity contribution in [3.63, 3.8) is 0 Å². The van der Waals surface area contributed by atoms with E-state index in [0.29, 0.717) is 0 Å². The molecule has 1 aliphatic carbocycles. The number of hydrogen-bond acceptors (Lipinski definition) is 3. The third kappa shape index (κ3) is 6.53. The number of methoxy groups -OCH3 is 2. The van der Waals surface area contributed by atoms with Gasteiger partial charge in [-0.3, -0.25) is 0 Å². The molecule has 33 heavy (non-hydrogen) atoms. The van der Waals surface area contributed by atoms with E-state index in [1.54, 1.807) is 14.2 Å². The van der Waals surface area contributed by atoms with E-state index < -0.39 is 0 Å². The highest BCUT2D eigenvalue weighted by Crippen LogP contribution is 2.31. The number of ether oxygens (including phenoxy) is 2. The van der Waals surface area contributed by atoms with Crippen LogP contribution in [0.25, 0.3) is 5.57 Å². The molecule has 4 nitrogen and oxygen atoms in total. The number of allylic oxidation sites excluding steroid dienone is 5. The second-order valence-corrected chi connectivity index (χ2v) is 7.98. The largest absolute Gasteiger partial charge is 0.383 e. The zero-order valence-corrected chi connectivity index (χ0v) is 20.5. The molecule has 0 radical (unpaired) electrons. The molecule has 0 fully saturated rings. The van der Waals surface area contributed by atoms with Crippen molar-refractivity contribution in [3.05, 3.63) is 95.6 Å². The van der Waals surface area contributed by atoms with Crippen LogP contribution in [0.2, 0.25) is 0 Å². The van der Waals surface area contributed by atoms with Crippen LogP contribution in [0.5, 0.6) is 0 Å². The maximum Gasteiger partial charge on any atom is 0.199 e. The molecular weight excluding hydrogens is 408 g/mol. The molecular formula is C29H37N2O2+. The van der Waals surface area contributed by atoms with Crippen molar-refractivity contribution in [2.75, 3.05) is 58.5 Å². The monoisotopic (exact) mass is 445 g/mol. The van der Waals surface area contributed by atoms with E-state index >= 15 is 0 Å². The lowest BCUT2D eigenvalue weighted by atomic mass is 9.90. The summed E-state index contributed by atoms with van der Waals surface area (Å²) in [5.41, 5.74) is 7.33.